The average molecular weight is 309 g/mol. The molecule has 23 heavy (non-hydrogen) atoms. The van der Waals surface area contributed by atoms with E-state index in [2.05, 4.69) is 31.4 Å². The number of anilines is 1. The largest absolute Gasteiger partial charge is 0.325 e. The zero-order valence-corrected chi connectivity index (χ0v) is 12.4. The summed E-state index contributed by atoms with van der Waals surface area (Å²) in [6, 6.07) is 5.14. The molecule has 0 atom stereocenters. The van der Waals surface area contributed by atoms with Crippen molar-refractivity contribution >= 4 is 22.5 Å². The lowest BCUT2D eigenvalue weighted by Crippen LogP contribution is -2.19. The Morgan fingerprint density at radius 3 is 2.91 bits per heavy atom. The second-order valence-corrected chi connectivity index (χ2v) is 5.37. The number of hydrogen-bond donors (Lipinski definition) is 2. The first-order valence-electron chi connectivity index (χ1n) is 7.27. The third kappa shape index (κ3) is 3.26. The van der Waals surface area contributed by atoms with E-state index in [1.807, 2.05) is 0 Å². The van der Waals surface area contributed by atoms with E-state index < -0.39 is 5.66 Å². The fourth-order valence-electron chi connectivity index (χ4n) is 2.42. The Morgan fingerprint density at radius 2 is 2.17 bits per heavy atom. The quantitative estimate of drug-likeness (QED) is 0.800. The zero-order chi connectivity index (χ0) is 16.3. The molecule has 2 aromatic rings. The summed E-state index contributed by atoms with van der Waals surface area (Å²) in [5.74, 6) is 2.36. The number of nitrogens with one attached hydrogen (secondary N) is 2. The second kappa shape index (κ2) is 6.01. The minimum atomic E-state index is -0.485. The van der Waals surface area contributed by atoms with Crippen molar-refractivity contribution in [2.45, 2.75) is 31.3 Å². The predicted octanol–water partition coefficient (Wildman–Crippen LogP) is 2.22. The number of carbonyl (C=O) groups excluding carboxylic acids is 1. The molecule has 1 aromatic carbocycles. The van der Waals surface area contributed by atoms with Crippen LogP contribution in [0.25, 0.3) is 10.9 Å². The lowest BCUT2D eigenvalue weighted by Gasteiger charge is -2.10. The van der Waals surface area contributed by atoms with Gasteiger partial charge in [-0.05, 0) is 12.1 Å². The number of fused-ring (bicyclic) bond motifs is 1. The van der Waals surface area contributed by atoms with Crippen LogP contribution in [0.3, 0.4) is 0 Å². The number of benzene rings is 1. The number of H-pyrrole nitrogens is 1. The number of amides is 1. The van der Waals surface area contributed by atoms with Crippen molar-refractivity contribution in [1.29, 1.82) is 0 Å². The van der Waals surface area contributed by atoms with Crippen molar-refractivity contribution in [1.82, 2.24) is 9.97 Å². The van der Waals surface area contributed by atoms with Gasteiger partial charge in [0.25, 0.3) is 5.56 Å². The van der Waals surface area contributed by atoms with Crippen molar-refractivity contribution in [3.8, 4) is 12.3 Å². The fraction of sp³-hybridized carbons (Fsp3) is 0.312. The minimum absolute atomic E-state index is 0.196. The van der Waals surface area contributed by atoms with Crippen molar-refractivity contribution in [3.05, 3.63) is 34.9 Å². The molecule has 0 bridgehead atoms. The van der Waals surface area contributed by atoms with Gasteiger partial charge < -0.3 is 10.3 Å². The highest BCUT2D eigenvalue weighted by molar-refractivity contribution is 6.00. The van der Waals surface area contributed by atoms with Crippen LogP contribution in [0.1, 0.15) is 25.7 Å². The fourth-order valence-corrected chi connectivity index (χ4v) is 2.42. The van der Waals surface area contributed by atoms with Gasteiger partial charge >= 0.3 is 0 Å². The summed E-state index contributed by atoms with van der Waals surface area (Å²) in [6.45, 7) is 0. The molecule has 1 aromatic heterocycles. The highest BCUT2D eigenvalue weighted by Crippen LogP contribution is 2.37. The first-order valence-corrected chi connectivity index (χ1v) is 7.27. The van der Waals surface area contributed by atoms with E-state index in [9.17, 15) is 9.59 Å². The summed E-state index contributed by atoms with van der Waals surface area (Å²) in [5, 5.41) is 11.1. The lowest BCUT2D eigenvalue weighted by molar-refractivity contribution is -0.116. The van der Waals surface area contributed by atoms with Crippen LogP contribution >= 0.6 is 0 Å². The third-order valence-corrected chi connectivity index (χ3v) is 3.75. The molecular weight excluding hydrogens is 294 g/mol. The molecular formula is C16H15N5O2. The first-order chi connectivity index (χ1) is 11.1. The smallest absolute Gasteiger partial charge is 0.260 e. The van der Waals surface area contributed by atoms with Crippen LogP contribution in [0.2, 0.25) is 0 Å². The van der Waals surface area contributed by atoms with Gasteiger partial charge in [-0.3, -0.25) is 9.59 Å². The Labute approximate surface area is 132 Å². The number of rotatable bonds is 6. The van der Waals surface area contributed by atoms with Gasteiger partial charge in [0.1, 0.15) is 0 Å². The molecule has 0 aliphatic carbocycles. The molecule has 0 unspecified atom stereocenters. The summed E-state index contributed by atoms with van der Waals surface area (Å²) < 4.78 is 0. The van der Waals surface area contributed by atoms with Gasteiger partial charge in [-0.2, -0.15) is 10.2 Å². The molecule has 0 spiro atoms. The maximum Gasteiger partial charge on any atom is 0.260 e. The Balaban J connectivity index is 1.67. The summed E-state index contributed by atoms with van der Waals surface area (Å²) in [6.07, 6.45) is 8.59. The van der Waals surface area contributed by atoms with Crippen molar-refractivity contribution in [2.24, 2.45) is 10.2 Å². The van der Waals surface area contributed by atoms with Crippen LogP contribution in [-0.4, -0.2) is 21.5 Å². The molecule has 116 valence electrons. The molecule has 0 saturated heterocycles. The molecule has 1 amide bonds. The van der Waals surface area contributed by atoms with Crippen molar-refractivity contribution < 1.29 is 4.79 Å². The van der Waals surface area contributed by atoms with Crippen LogP contribution in [0, 0.1) is 12.3 Å². The SMILES string of the molecule is C#CCCC1(CCC(=O)Nc2cccc3nc[nH]c(=O)c23)N=N1. The van der Waals surface area contributed by atoms with Gasteiger partial charge in [0.2, 0.25) is 5.91 Å². The Kier molecular flexibility index (Phi) is 3.89. The molecule has 1 aliphatic heterocycles. The van der Waals surface area contributed by atoms with E-state index in [-0.39, 0.29) is 17.9 Å². The van der Waals surface area contributed by atoms with Gasteiger partial charge in [0.15, 0.2) is 5.66 Å². The summed E-state index contributed by atoms with van der Waals surface area (Å²) in [4.78, 5) is 30.7. The molecule has 1 aliphatic rings. The number of aromatic nitrogens is 2. The van der Waals surface area contributed by atoms with Gasteiger partial charge in [-0.25, -0.2) is 4.98 Å². The maximum atomic E-state index is 12.1. The molecule has 3 rings (SSSR count). The van der Waals surface area contributed by atoms with E-state index in [1.54, 1.807) is 18.2 Å². The topological polar surface area (TPSA) is 99.6 Å². The molecule has 7 heteroatoms. The summed E-state index contributed by atoms with van der Waals surface area (Å²) in [7, 11) is 0. The predicted molar refractivity (Wildman–Crippen MR) is 85.9 cm³/mol. The normalized spacial score (nSPS) is 14.4. The molecule has 0 radical (unpaired) electrons. The summed E-state index contributed by atoms with van der Waals surface area (Å²) >= 11 is 0. The van der Waals surface area contributed by atoms with Crippen molar-refractivity contribution in [2.75, 3.05) is 5.32 Å². The highest BCUT2D eigenvalue weighted by atomic mass is 16.1. The van der Waals surface area contributed by atoms with Gasteiger partial charge in [0.05, 0.1) is 22.9 Å². The standard InChI is InChI=1S/C16H15N5O2/c1-2-3-8-16(20-21-16)9-7-13(22)19-12-6-4-5-11-14(12)15(23)18-10-17-11/h1,4-6,10H,3,7-9H2,(H,19,22)(H,17,18,23). The molecule has 0 saturated carbocycles. The first kappa shape index (κ1) is 14.9. The molecule has 7 nitrogen and oxygen atoms in total. The number of aromatic amines is 1. The maximum absolute atomic E-state index is 12.1. The lowest BCUT2D eigenvalue weighted by atomic mass is 10.0. The van der Waals surface area contributed by atoms with Crippen LogP contribution in [0.4, 0.5) is 5.69 Å². The van der Waals surface area contributed by atoms with E-state index in [4.69, 9.17) is 6.42 Å². The van der Waals surface area contributed by atoms with Crippen LogP contribution in [0.5, 0.6) is 0 Å². The Bertz CT molecular complexity index is 867. The number of terminal acetylenes is 1. The highest BCUT2D eigenvalue weighted by Gasteiger charge is 2.39. The van der Waals surface area contributed by atoms with Gasteiger partial charge in [-0.1, -0.05) is 6.07 Å². The second-order valence-electron chi connectivity index (χ2n) is 5.37. The van der Waals surface area contributed by atoms with Crippen LogP contribution in [-0.2, 0) is 4.79 Å². The Hall–Kier alpha value is -3.01. The monoisotopic (exact) mass is 309 g/mol. The number of carbonyl (C=O) groups is 1. The average Bonchev–Trinajstić information content (AvgIpc) is 3.32. The van der Waals surface area contributed by atoms with Crippen LogP contribution < -0.4 is 10.9 Å². The Morgan fingerprint density at radius 1 is 1.35 bits per heavy atom. The number of nitrogens with zero attached hydrogens (tertiary/aromatic N) is 3. The number of hydrogen-bond acceptors (Lipinski definition) is 5. The van der Waals surface area contributed by atoms with Crippen LogP contribution in [0.15, 0.2) is 39.5 Å². The van der Waals surface area contributed by atoms with E-state index in [0.717, 1.165) is 0 Å². The van der Waals surface area contributed by atoms with E-state index in [1.165, 1.54) is 6.33 Å². The van der Waals surface area contributed by atoms with Crippen molar-refractivity contribution in [3.63, 3.8) is 0 Å². The zero-order valence-electron chi connectivity index (χ0n) is 12.4. The third-order valence-electron chi connectivity index (χ3n) is 3.75. The van der Waals surface area contributed by atoms with E-state index >= 15 is 0 Å². The van der Waals surface area contributed by atoms with E-state index in [0.29, 0.717) is 35.9 Å². The molecule has 2 heterocycles. The summed E-state index contributed by atoms with van der Waals surface area (Å²) in [5.41, 5.74) is 0.207. The van der Waals surface area contributed by atoms with Gasteiger partial charge in [-0.15, -0.1) is 12.3 Å². The van der Waals surface area contributed by atoms with Gasteiger partial charge in [0, 0.05) is 25.7 Å². The molecule has 2 N–H and O–H groups in total. The minimum Gasteiger partial charge on any atom is -0.325 e. The molecule has 0 fully saturated rings.